The van der Waals surface area contributed by atoms with Crippen molar-refractivity contribution in [3.63, 3.8) is 0 Å². The van der Waals surface area contributed by atoms with Crippen LogP contribution in [0.5, 0.6) is 17.2 Å². The van der Waals surface area contributed by atoms with Gasteiger partial charge in [-0.1, -0.05) is 0 Å². The second kappa shape index (κ2) is 4.09. The van der Waals surface area contributed by atoms with Gasteiger partial charge in [-0.3, -0.25) is 4.79 Å². The predicted octanol–water partition coefficient (Wildman–Crippen LogP) is 2.22. The second-order valence-corrected chi connectivity index (χ2v) is 4.76. The van der Waals surface area contributed by atoms with E-state index < -0.39 is 17.2 Å². The number of Topliss-reactive ketones (excluding diaryl/α,β-unsaturated/α-hetero) is 1. The van der Waals surface area contributed by atoms with Crippen molar-refractivity contribution in [3.8, 4) is 17.2 Å². The summed E-state index contributed by atoms with van der Waals surface area (Å²) in [6.07, 6.45) is 0. The summed E-state index contributed by atoms with van der Waals surface area (Å²) < 4.78 is 0.784. The Kier molecular flexibility index (Phi) is 3.45. The summed E-state index contributed by atoms with van der Waals surface area (Å²) in [5.74, 6) is -1.99. The van der Waals surface area contributed by atoms with Crippen molar-refractivity contribution >= 4 is 51.0 Å². The zero-order chi connectivity index (χ0) is 11.0. The number of aromatic hydroxyl groups is 3. The summed E-state index contributed by atoms with van der Waals surface area (Å²) in [4.78, 5) is 11.1. The van der Waals surface area contributed by atoms with Crippen LogP contribution in [0, 0.1) is 7.14 Å². The largest absolute Gasteiger partial charge is 0.504 e. The molecular weight excluding hydrogens is 414 g/mol. The molecule has 0 aliphatic rings. The van der Waals surface area contributed by atoms with Crippen LogP contribution in [-0.4, -0.2) is 21.1 Å². The summed E-state index contributed by atoms with van der Waals surface area (Å²) in [6.45, 7) is 1.28. The third-order valence-corrected chi connectivity index (χ3v) is 4.82. The number of rotatable bonds is 1. The van der Waals surface area contributed by atoms with E-state index in [1.54, 1.807) is 22.6 Å². The number of benzene rings is 1. The minimum absolute atomic E-state index is 0.0327. The smallest absolute Gasteiger partial charge is 0.202 e. The van der Waals surface area contributed by atoms with Crippen molar-refractivity contribution in [1.82, 2.24) is 0 Å². The monoisotopic (exact) mass is 420 g/mol. The Morgan fingerprint density at radius 2 is 1.50 bits per heavy atom. The molecule has 76 valence electrons. The van der Waals surface area contributed by atoms with Crippen LogP contribution >= 0.6 is 45.2 Å². The number of phenolic OH excluding ortho intramolecular Hbond substituents is 3. The average molecular weight is 420 g/mol. The van der Waals surface area contributed by atoms with Crippen LogP contribution in [0.3, 0.4) is 0 Å². The first-order valence-electron chi connectivity index (χ1n) is 3.50. The highest BCUT2D eigenvalue weighted by Gasteiger charge is 2.22. The van der Waals surface area contributed by atoms with Gasteiger partial charge in [-0.2, -0.15) is 0 Å². The maximum atomic E-state index is 11.1. The minimum atomic E-state index is -0.653. The molecule has 0 heterocycles. The van der Waals surface area contributed by atoms with Gasteiger partial charge in [0.25, 0.3) is 0 Å². The van der Waals surface area contributed by atoms with Crippen LogP contribution in [0.15, 0.2) is 0 Å². The molecule has 0 saturated heterocycles. The number of carbonyl (C=O) groups is 1. The van der Waals surface area contributed by atoms with E-state index in [0.29, 0.717) is 7.14 Å². The molecule has 0 aliphatic carbocycles. The summed E-state index contributed by atoms with van der Waals surface area (Å²) in [5.41, 5.74) is 0.0327. The fourth-order valence-electron chi connectivity index (χ4n) is 0.973. The van der Waals surface area contributed by atoms with Gasteiger partial charge in [0.15, 0.2) is 17.3 Å². The number of hydrogen-bond donors (Lipinski definition) is 3. The Labute approximate surface area is 107 Å². The topological polar surface area (TPSA) is 77.8 Å². The molecule has 0 fully saturated rings. The van der Waals surface area contributed by atoms with Crippen molar-refractivity contribution in [2.75, 3.05) is 0 Å². The lowest BCUT2D eigenvalue weighted by Crippen LogP contribution is -1.99. The van der Waals surface area contributed by atoms with Gasteiger partial charge in [0.05, 0.1) is 9.13 Å². The van der Waals surface area contributed by atoms with Crippen LogP contribution in [0.25, 0.3) is 0 Å². The van der Waals surface area contributed by atoms with Gasteiger partial charge in [0, 0.05) is 3.57 Å². The van der Waals surface area contributed by atoms with Crippen molar-refractivity contribution in [2.45, 2.75) is 6.92 Å². The third-order valence-electron chi connectivity index (χ3n) is 1.66. The fourth-order valence-corrected chi connectivity index (χ4v) is 2.39. The Balaban J connectivity index is 3.68. The first-order chi connectivity index (χ1) is 6.37. The van der Waals surface area contributed by atoms with Gasteiger partial charge in [-0.05, 0) is 52.1 Å². The van der Waals surface area contributed by atoms with E-state index >= 15 is 0 Å². The van der Waals surface area contributed by atoms with Crippen LogP contribution < -0.4 is 0 Å². The molecule has 3 N–H and O–H groups in total. The molecule has 1 rings (SSSR count). The predicted molar refractivity (Wildman–Crippen MR) is 66.9 cm³/mol. The highest BCUT2D eigenvalue weighted by molar-refractivity contribution is 14.1. The lowest BCUT2D eigenvalue weighted by molar-refractivity contribution is 0.101. The Bertz CT molecular complexity index is 385. The number of ketones is 1. The minimum Gasteiger partial charge on any atom is -0.504 e. The Morgan fingerprint density at radius 3 is 1.93 bits per heavy atom. The molecule has 0 atom stereocenters. The lowest BCUT2D eigenvalue weighted by atomic mass is 10.1. The third kappa shape index (κ3) is 1.76. The Hall–Kier alpha value is -0.250. The molecule has 14 heavy (non-hydrogen) atoms. The number of phenols is 3. The van der Waals surface area contributed by atoms with Gasteiger partial charge in [-0.15, -0.1) is 0 Å². The van der Waals surface area contributed by atoms with Crippen LogP contribution in [-0.2, 0) is 0 Å². The maximum absolute atomic E-state index is 11.1. The van der Waals surface area contributed by atoms with E-state index in [1.807, 2.05) is 22.6 Å². The molecule has 0 unspecified atom stereocenters. The quantitative estimate of drug-likeness (QED) is 0.370. The van der Waals surface area contributed by atoms with E-state index in [2.05, 4.69) is 0 Å². The lowest BCUT2D eigenvalue weighted by Gasteiger charge is -2.10. The first kappa shape index (κ1) is 11.8. The first-order valence-corrected chi connectivity index (χ1v) is 5.66. The maximum Gasteiger partial charge on any atom is 0.202 e. The fraction of sp³-hybridized carbons (Fsp3) is 0.125. The Morgan fingerprint density at radius 1 is 1.00 bits per heavy atom. The van der Waals surface area contributed by atoms with Crippen LogP contribution in [0.2, 0.25) is 0 Å². The van der Waals surface area contributed by atoms with E-state index in [-0.39, 0.29) is 11.3 Å². The molecule has 4 nitrogen and oxygen atoms in total. The molecule has 0 spiro atoms. The van der Waals surface area contributed by atoms with Crippen molar-refractivity contribution in [3.05, 3.63) is 12.7 Å². The average Bonchev–Trinajstić information content (AvgIpc) is 2.11. The normalized spacial score (nSPS) is 10.2. The molecule has 0 radical (unpaired) electrons. The van der Waals surface area contributed by atoms with Crippen LogP contribution in [0.4, 0.5) is 0 Å². The van der Waals surface area contributed by atoms with Crippen LogP contribution in [0.1, 0.15) is 17.3 Å². The van der Waals surface area contributed by atoms with Crippen molar-refractivity contribution in [2.24, 2.45) is 0 Å². The van der Waals surface area contributed by atoms with E-state index in [9.17, 15) is 20.1 Å². The van der Waals surface area contributed by atoms with Crippen molar-refractivity contribution in [1.29, 1.82) is 0 Å². The van der Waals surface area contributed by atoms with Crippen molar-refractivity contribution < 1.29 is 20.1 Å². The molecule has 1 aromatic rings. The molecular formula is C8H6I2O4. The molecule has 0 aliphatic heterocycles. The van der Waals surface area contributed by atoms with Gasteiger partial charge in [-0.25, -0.2) is 0 Å². The summed E-state index contributed by atoms with van der Waals surface area (Å²) in [6, 6.07) is 0. The number of carbonyl (C=O) groups excluding carboxylic acids is 1. The molecule has 1 aromatic carbocycles. The molecule has 0 bridgehead atoms. The SMILES string of the molecule is CC(=O)c1c(O)c(O)c(O)c(I)c1I. The highest BCUT2D eigenvalue weighted by atomic mass is 127. The number of hydrogen-bond acceptors (Lipinski definition) is 4. The number of halogens is 2. The summed E-state index contributed by atoms with van der Waals surface area (Å²) in [7, 11) is 0. The molecule has 0 amide bonds. The highest BCUT2D eigenvalue weighted by Crippen LogP contribution is 2.44. The van der Waals surface area contributed by atoms with E-state index in [0.717, 1.165) is 0 Å². The van der Waals surface area contributed by atoms with Gasteiger partial charge < -0.3 is 15.3 Å². The molecule has 6 heteroatoms. The summed E-state index contributed by atoms with van der Waals surface area (Å²) >= 11 is 3.62. The zero-order valence-electron chi connectivity index (χ0n) is 7.01. The zero-order valence-corrected chi connectivity index (χ0v) is 11.3. The molecule has 0 aromatic heterocycles. The van der Waals surface area contributed by atoms with E-state index in [1.165, 1.54) is 6.92 Å². The van der Waals surface area contributed by atoms with E-state index in [4.69, 9.17) is 0 Å². The summed E-state index contributed by atoms with van der Waals surface area (Å²) in [5, 5.41) is 28.0. The van der Waals surface area contributed by atoms with Gasteiger partial charge in [0.1, 0.15) is 0 Å². The van der Waals surface area contributed by atoms with Gasteiger partial charge >= 0.3 is 0 Å². The second-order valence-electron chi connectivity index (χ2n) is 2.60. The standard InChI is InChI=1S/C8H6I2O4/c1-2(11)3-4(9)5(10)7(13)8(14)6(3)12/h12-14H,1H3. The van der Waals surface area contributed by atoms with Gasteiger partial charge in [0.2, 0.25) is 5.75 Å². The molecule has 0 saturated carbocycles.